The van der Waals surface area contributed by atoms with Crippen LogP contribution in [0, 0.1) is 6.92 Å². The third kappa shape index (κ3) is 5.44. The first-order chi connectivity index (χ1) is 18.4. The van der Waals surface area contributed by atoms with Gasteiger partial charge in [0.2, 0.25) is 11.8 Å². The smallest absolute Gasteiger partial charge is 0.336 e. The molecule has 8 heteroatoms. The largest absolute Gasteiger partial charge is 0.353 e. The van der Waals surface area contributed by atoms with E-state index in [1.807, 2.05) is 19.1 Å². The van der Waals surface area contributed by atoms with E-state index >= 15 is 0 Å². The fraction of sp³-hybridized carbons (Fsp3) is 0.267. The third-order valence-corrected chi connectivity index (χ3v) is 6.97. The molecular formula is C30H30N4O4. The summed E-state index contributed by atoms with van der Waals surface area (Å²) in [6.45, 7) is 1.70. The molecule has 0 aliphatic heterocycles. The van der Waals surface area contributed by atoms with Crippen LogP contribution in [0.2, 0.25) is 0 Å². The van der Waals surface area contributed by atoms with Crippen LogP contribution >= 0.6 is 0 Å². The lowest BCUT2D eigenvalue weighted by atomic mass is 10.1. The SMILES string of the molecule is Cc1ccc(NC(=O)Cn2c(=O)n(-c3ccc(CC(=O)NC4CCCC4)cc3)c(=O)c3ccccc32)cc1. The molecule has 1 aromatic heterocycles. The second-order valence-corrected chi connectivity index (χ2v) is 9.83. The molecule has 0 radical (unpaired) electrons. The van der Waals surface area contributed by atoms with Crippen LogP contribution in [0.15, 0.2) is 82.4 Å². The zero-order valence-corrected chi connectivity index (χ0v) is 21.3. The molecule has 5 rings (SSSR count). The van der Waals surface area contributed by atoms with Crippen molar-refractivity contribution in [2.45, 2.75) is 51.6 Å². The molecule has 1 fully saturated rings. The van der Waals surface area contributed by atoms with Gasteiger partial charge in [-0.2, -0.15) is 0 Å². The minimum absolute atomic E-state index is 0.0329. The van der Waals surface area contributed by atoms with Gasteiger partial charge >= 0.3 is 5.69 Å². The summed E-state index contributed by atoms with van der Waals surface area (Å²) in [5.74, 6) is -0.413. The summed E-state index contributed by atoms with van der Waals surface area (Å²) in [6, 6.07) is 21.2. The van der Waals surface area contributed by atoms with Gasteiger partial charge in [-0.3, -0.25) is 19.0 Å². The van der Waals surface area contributed by atoms with Crippen LogP contribution in [-0.4, -0.2) is 27.0 Å². The Morgan fingerprint density at radius 1 is 0.868 bits per heavy atom. The zero-order chi connectivity index (χ0) is 26.6. The van der Waals surface area contributed by atoms with Crippen molar-refractivity contribution < 1.29 is 9.59 Å². The van der Waals surface area contributed by atoms with Gasteiger partial charge in [0.05, 0.1) is 23.0 Å². The first kappa shape index (κ1) is 25.2. The van der Waals surface area contributed by atoms with Crippen LogP contribution in [0.3, 0.4) is 0 Å². The highest BCUT2D eigenvalue weighted by molar-refractivity contribution is 5.91. The van der Waals surface area contributed by atoms with Gasteiger partial charge in [0, 0.05) is 11.7 Å². The van der Waals surface area contributed by atoms with E-state index in [0.29, 0.717) is 22.3 Å². The number of carbonyl (C=O) groups is 2. The maximum atomic E-state index is 13.6. The molecule has 0 unspecified atom stereocenters. The van der Waals surface area contributed by atoms with Crippen molar-refractivity contribution in [1.82, 2.24) is 14.5 Å². The Hall–Kier alpha value is -4.46. The number of hydrogen-bond acceptors (Lipinski definition) is 4. The summed E-state index contributed by atoms with van der Waals surface area (Å²) in [4.78, 5) is 52.2. The van der Waals surface area contributed by atoms with E-state index in [1.165, 1.54) is 4.57 Å². The molecule has 1 heterocycles. The summed E-state index contributed by atoms with van der Waals surface area (Å²) in [5.41, 5.74) is 2.16. The molecule has 1 aliphatic carbocycles. The van der Waals surface area contributed by atoms with Gasteiger partial charge in [-0.25, -0.2) is 9.36 Å². The van der Waals surface area contributed by atoms with Crippen molar-refractivity contribution in [1.29, 1.82) is 0 Å². The molecule has 0 bridgehead atoms. The van der Waals surface area contributed by atoms with E-state index in [0.717, 1.165) is 41.4 Å². The van der Waals surface area contributed by atoms with Crippen molar-refractivity contribution >= 4 is 28.4 Å². The standard InChI is InChI=1S/C30H30N4O4/c1-20-10-14-23(15-11-20)32-28(36)19-33-26-9-5-4-8-25(26)29(37)34(30(33)38)24-16-12-21(13-17-24)18-27(35)31-22-6-2-3-7-22/h4-5,8-17,22H,2-3,6-7,18-19H2,1H3,(H,31,35)(H,32,36). The van der Waals surface area contributed by atoms with E-state index in [2.05, 4.69) is 10.6 Å². The number of rotatable bonds is 7. The number of amides is 2. The van der Waals surface area contributed by atoms with Crippen LogP contribution in [0.4, 0.5) is 5.69 Å². The number of nitrogens with zero attached hydrogens (tertiary/aromatic N) is 2. The van der Waals surface area contributed by atoms with Crippen LogP contribution in [0.1, 0.15) is 36.8 Å². The van der Waals surface area contributed by atoms with Crippen molar-refractivity contribution in [2.24, 2.45) is 0 Å². The third-order valence-electron chi connectivity index (χ3n) is 6.97. The molecule has 38 heavy (non-hydrogen) atoms. The van der Waals surface area contributed by atoms with E-state index in [-0.39, 0.29) is 30.8 Å². The quantitative estimate of drug-likeness (QED) is 0.396. The van der Waals surface area contributed by atoms with Crippen LogP contribution < -0.4 is 21.9 Å². The Labute approximate surface area is 219 Å². The number of carbonyl (C=O) groups excluding carboxylic acids is 2. The molecular weight excluding hydrogens is 480 g/mol. The number of anilines is 1. The zero-order valence-electron chi connectivity index (χ0n) is 21.3. The minimum atomic E-state index is -0.612. The average Bonchev–Trinajstić information content (AvgIpc) is 3.42. The predicted molar refractivity (Wildman–Crippen MR) is 148 cm³/mol. The number of aryl methyl sites for hydroxylation is 1. The van der Waals surface area contributed by atoms with Crippen molar-refractivity contribution in [3.05, 3.63) is 105 Å². The van der Waals surface area contributed by atoms with Gasteiger partial charge in [-0.05, 0) is 61.7 Å². The maximum Gasteiger partial charge on any atom is 0.336 e. The first-order valence-corrected chi connectivity index (χ1v) is 12.9. The number of nitrogens with one attached hydrogen (secondary N) is 2. The van der Waals surface area contributed by atoms with Gasteiger partial charge in [0.1, 0.15) is 6.54 Å². The van der Waals surface area contributed by atoms with Crippen LogP contribution in [0.25, 0.3) is 16.6 Å². The summed E-state index contributed by atoms with van der Waals surface area (Å²) in [5, 5.41) is 6.21. The molecule has 1 saturated carbocycles. The second kappa shape index (κ2) is 10.9. The molecule has 2 amide bonds. The fourth-order valence-electron chi connectivity index (χ4n) is 4.98. The molecule has 194 valence electrons. The normalized spacial score (nSPS) is 13.5. The highest BCUT2D eigenvalue weighted by Gasteiger charge is 2.18. The highest BCUT2D eigenvalue weighted by Crippen LogP contribution is 2.18. The lowest BCUT2D eigenvalue weighted by Gasteiger charge is -2.15. The molecule has 0 atom stereocenters. The Balaban J connectivity index is 1.43. The Morgan fingerprint density at radius 2 is 1.55 bits per heavy atom. The summed E-state index contributed by atoms with van der Waals surface area (Å²) < 4.78 is 2.38. The lowest BCUT2D eigenvalue weighted by molar-refractivity contribution is -0.121. The number of fused-ring (bicyclic) bond motifs is 1. The average molecular weight is 511 g/mol. The van der Waals surface area contributed by atoms with Gasteiger partial charge in [-0.1, -0.05) is 54.8 Å². The van der Waals surface area contributed by atoms with Gasteiger partial charge in [-0.15, -0.1) is 0 Å². The molecule has 0 saturated heterocycles. The second-order valence-electron chi connectivity index (χ2n) is 9.83. The molecule has 3 aromatic carbocycles. The van der Waals surface area contributed by atoms with Crippen LogP contribution in [-0.2, 0) is 22.6 Å². The number of aromatic nitrogens is 2. The highest BCUT2D eigenvalue weighted by atomic mass is 16.2. The van der Waals surface area contributed by atoms with Crippen molar-refractivity contribution in [3.63, 3.8) is 0 Å². The topological polar surface area (TPSA) is 102 Å². The van der Waals surface area contributed by atoms with Gasteiger partial charge in [0.25, 0.3) is 5.56 Å². The van der Waals surface area contributed by atoms with E-state index < -0.39 is 11.2 Å². The lowest BCUT2D eigenvalue weighted by Crippen LogP contribution is -2.40. The van der Waals surface area contributed by atoms with Crippen molar-refractivity contribution in [2.75, 3.05) is 5.32 Å². The monoisotopic (exact) mass is 510 g/mol. The molecule has 1 aliphatic rings. The number of para-hydroxylation sites is 1. The van der Waals surface area contributed by atoms with Gasteiger partial charge < -0.3 is 10.6 Å². The van der Waals surface area contributed by atoms with Gasteiger partial charge in [0.15, 0.2) is 0 Å². The minimum Gasteiger partial charge on any atom is -0.353 e. The molecule has 8 nitrogen and oxygen atoms in total. The van der Waals surface area contributed by atoms with Crippen LogP contribution in [0.5, 0.6) is 0 Å². The van der Waals surface area contributed by atoms with E-state index in [4.69, 9.17) is 0 Å². The number of hydrogen-bond donors (Lipinski definition) is 2. The number of benzene rings is 3. The Morgan fingerprint density at radius 3 is 2.26 bits per heavy atom. The summed E-state index contributed by atoms with van der Waals surface area (Å²) in [7, 11) is 0. The van der Waals surface area contributed by atoms with Crippen molar-refractivity contribution in [3.8, 4) is 5.69 Å². The molecule has 0 spiro atoms. The molecule has 2 N–H and O–H groups in total. The Kier molecular flexibility index (Phi) is 7.22. The summed E-state index contributed by atoms with van der Waals surface area (Å²) >= 11 is 0. The predicted octanol–water partition coefficient (Wildman–Crippen LogP) is 3.70. The first-order valence-electron chi connectivity index (χ1n) is 12.9. The summed E-state index contributed by atoms with van der Waals surface area (Å²) in [6.07, 6.45) is 4.55. The fourth-order valence-corrected chi connectivity index (χ4v) is 4.98. The molecule has 4 aromatic rings. The van der Waals surface area contributed by atoms with E-state index in [1.54, 1.807) is 60.7 Å². The Bertz CT molecular complexity index is 1600. The maximum absolute atomic E-state index is 13.6. The van der Waals surface area contributed by atoms with E-state index in [9.17, 15) is 19.2 Å².